The molecule has 1 heterocycles. The van der Waals surface area contributed by atoms with E-state index in [9.17, 15) is 22.4 Å². The molecule has 1 aliphatic heterocycles. The van der Waals surface area contributed by atoms with Gasteiger partial charge in [-0.3, -0.25) is 14.4 Å². The Hall–Kier alpha value is -3.34. The van der Waals surface area contributed by atoms with Crippen LogP contribution in [-0.2, 0) is 19.6 Å². The minimum absolute atomic E-state index is 0.0854. The first kappa shape index (κ1) is 24.3. The summed E-state index contributed by atoms with van der Waals surface area (Å²) < 4.78 is 52.4. The van der Waals surface area contributed by atoms with Gasteiger partial charge in [0, 0.05) is 12.6 Å². The fourth-order valence-electron chi connectivity index (χ4n) is 3.14. The highest BCUT2D eigenvalue weighted by molar-refractivity contribution is 7.92. The van der Waals surface area contributed by atoms with Crippen molar-refractivity contribution >= 4 is 33.4 Å². The lowest BCUT2D eigenvalue weighted by Crippen LogP contribution is -2.48. The van der Waals surface area contributed by atoms with Gasteiger partial charge in [0.25, 0.3) is 10.0 Å². The Morgan fingerprint density at radius 2 is 1.85 bits per heavy atom. The van der Waals surface area contributed by atoms with Crippen LogP contribution in [0.2, 0.25) is 0 Å². The molecule has 0 saturated carbocycles. The normalized spacial score (nSPS) is 15.8. The fraction of sp³-hybridized carbons (Fsp3) is 0.364. The molecule has 1 atom stereocenters. The van der Waals surface area contributed by atoms with Crippen LogP contribution >= 0.6 is 0 Å². The summed E-state index contributed by atoms with van der Waals surface area (Å²) in [6.07, 6.45) is -1.36. The molecule has 0 aliphatic carbocycles. The largest absolute Gasteiger partial charge is 0.484 e. The zero-order valence-corrected chi connectivity index (χ0v) is 19.5. The highest BCUT2D eigenvalue weighted by Gasteiger charge is 2.35. The van der Waals surface area contributed by atoms with Crippen LogP contribution in [0.3, 0.4) is 0 Å². The highest BCUT2D eigenvalue weighted by atomic mass is 32.2. The quantitative estimate of drug-likeness (QED) is 0.681. The number of hydrogen-bond acceptors (Lipinski definition) is 6. The van der Waals surface area contributed by atoms with E-state index in [2.05, 4.69) is 10.6 Å². The van der Waals surface area contributed by atoms with E-state index in [0.29, 0.717) is 5.69 Å². The zero-order chi connectivity index (χ0) is 24.4. The summed E-state index contributed by atoms with van der Waals surface area (Å²) in [5.74, 6) is -0.602. The third-order valence-electron chi connectivity index (χ3n) is 4.52. The van der Waals surface area contributed by atoms with Gasteiger partial charge in [0.2, 0.25) is 5.91 Å². The molecule has 0 fully saturated rings. The van der Waals surface area contributed by atoms with Crippen molar-refractivity contribution in [1.29, 1.82) is 0 Å². The van der Waals surface area contributed by atoms with E-state index < -0.39 is 33.6 Å². The van der Waals surface area contributed by atoms with Gasteiger partial charge in [0.05, 0.1) is 23.7 Å². The summed E-state index contributed by atoms with van der Waals surface area (Å²) in [6.45, 7) is 6.49. The number of anilines is 2. The van der Waals surface area contributed by atoms with Crippen LogP contribution < -0.4 is 19.7 Å². The van der Waals surface area contributed by atoms with Crippen molar-refractivity contribution in [2.45, 2.75) is 44.3 Å². The number of nitrogens with zero attached hydrogens (tertiary/aromatic N) is 1. The smallest absolute Gasteiger partial charge is 0.412 e. The van der Waals surface area contributed by atoms with Crippen molar-refractivity contribution in [2.75, 3.05) is 22.7 Å². The monoisotopic (exact) mass is 479 g/mol. The molecule has 11 heteroatoms. The molecule has 0 radical (unpaired) electrons. The molecule has 1 aliphatic rings. The number of rotatable bonds is 5. The molecule has 0 spiro atoms. The number of nitrogens with one attached hydrogen (secondary N) is 2. The van der Waals surface area contributed by atoms with E-state index in [1.807, 2.05) is 0 Å². The summed E-state index contributed by atoms with van der Waals surface area (Å²) in [6, 6.07) is 8.99. The number of fused-ring (bicyclic) bond motifs is 1. The molecule has 2 aromatic rings. The van der Waals surface area contributed by atoms with Crippen LogP contribution in [0.25, 0.3) is 0 Å². The van der Waals surface area contributed by atoms with E-state index in [1.165, 1.54) is 31.2 Å². The maximum absolute atomic E-state index is 13.4. The van der Waals surface area contributed by atoms with E-state index in [0.717, 1.165) is 16.4 Å². The number of hydrogen-bond donors (Lipinski definition) is 2. The minimum Gasteiger partial charge on any atom is -0.484 e. The zero-order valence-electron chi connectivity index (χ0n) is 18.7. The molecule has 9 nitrogen and oxygen atoms in total. The third kappa shape index (κ3) is 6.13. The van der Waals surface area contributed by atoms with E-state index in [1.54, 1.807) is 26.8 Å². The first-order valence-electron chi connectivity index (χ1n) is 10.2. The van der Waals surface area contributed by atoms with Crippen molar-refractivity contribution in [2.24, 2.45) is 0 Å². The van der Waals surface area contributed by atoms with Gasteiger partial charge in [-0.2, -0.15) is 0 Å². The first-order valence-corrected chi connectivity index (χ1v) is 11.6. The van der Waals surface area contributed by atoms with Gasteiger partial charge < -0.3 is 14.8 Å². The second kappa shape index (κ2) is 9.26. The number of halogens is 1. The topological polar surface area (TPSA) is 114 Å². The van der Waals surface area contributed by atoms with Crippen LogP contribution in [0.5, 0.6) is 5.75 Å². The Bertz CT molecular complexity index is 1150. The molecular formula is C22H26FN3O6S. The number of carbonyl (C=O) groups is 2. The van der Waals surface area contributed by atoms with Crippen LogP contribution in [-0.4, -0.2) is 45.2 Å². The number of ether oxygens (including phenoxy) is 2. The lowest BCUT2D eigenvalue weighted by Gasteiger charge is -2.35. The summed E-state index contributed by atoms with van der Waals surface area (Å²) in [5, 5.41) is 5.19. The molecule has 0 bridgehead atoms. The molecule has 0 saturated heterocycles. The van der Waals surface area contributed by atoms with Gasteiger partial charge in [-0.1, -0.05) is 0 Å². The Labute approximate surface area is 191 Å². The predicted octanol–water partition coefficient (Wildman–Crippen LogP) is 3.27. The average Bonchev–Trinajstić information content (AvgIpc) is 2.70. The summed E-state index contributed by atoms with van der Waals surface area (Å²) in [4.78, 5) is 23.4. The van der Waals surface area contributed by atoms with Crippen LogP contribution in [0.1, 0.15) is 27.7 Å². The lowest BCUT2D eigenvalue weighted by atomic mass is 10.2. The number of carbonyl (C=O) groups excluding carboxylic acids is 2. The van der Waals surface area contributed by atoms with Crippen molar-refractivity contribution in [1.82, 2.24) is 5.32 Å². The van der Waals surface area contributed by atoms with Gasteiger partial charge in [-0.15, -0.1) is 0 Å². The van der Waals surface area contributed by atoms with Crippen LogP contribution in [0.15, 0.2) is 47.4 Å². The average molecular weight is 480 g/mol. The maximum atomic E-state index is 13.4. The highest BCUT2D eigenvalue weighted by Crippen LogP contribution is 2.39. The van der Waals surface area contributed by atoms with Gasteiger partial charge in [0.1, 0.15) is 23.3 Å². The summed E-state index contributed by atoms with van der Waals surface area (Å²) in [5.41, 5.74) is -0.228. The SMILES string of the molecule is CC(=O)NCC1CN(S(=O)(=O)c2ccc(F)cc2)c2cc(NC(=O)OC(C)(C)C)ccc2O1. The molecule has 33 heavy (non-hydrogen) atoms. The van der Waals surface area contributed by atoms with Gasteiger partial charge in [-0.25, -0.2) is 17.6 Å². The second-order valence-corrected chi connectivity index (χ2v) is 10.3. The summed E-state index contributed by atoms with van der Waals surface area (Å²) >= 11 is 0. The first-order chi connectivity index (χ1) is 15.3. The van der Waals surface area contributed by atoms with Crippen LogP contribution in [0.4, 0.5) is 20.6 Å². The van der Waals surface area contributed by atoms with Gasteiger partial charge in [-0.05, 0) is 63.2 Å². The van der Waals surface area contributed by atoms with Crippen LogP contribution in [0, 0.1) is 5.82 Å². The minimum atomic E-state index is -4.11. The van der Waals surface area contributed by atoms with Gasteiger partial charge in [0.15, 0.2) is 0 Å². The van der Waals surface area contributed by atoms with E-state index in [-0.39, 0.29) is 35.3 Å². The van der Waals surface area contributed by atoms with E-state index >= 15 is 0 Å². The Morgan fingerprint density at radius 3 is 2.45 bits per heavy atom. The fourth-order valence-corrected chi connectivity index (χ4v) is 4.64. The van der Waals surface area contributed by atoms with E-state index in [4.69, 9.17) is 9.47 Å². The standard InChI is InChI=1S/C22H26FN3O6S/c1-14(27)24-12-17-13-26(33(29,30)18-8-5-15(23)6-9-18)19-11-16(7-10-20(19)31-17)25-21(28)32-22(2,3)4/h5-11,17H,12-13H2,1-4H3,(H,24,27)(H,25,28). The predicted molar refractivity (Wildman–Crippen MR) is 120 cm³/mol. The van der Waals surface area contributed by atoms with Crippen molar-refractivity contribution in [3.05, 3.63) is 48.3 Å². The lowest BCUT2D eigenvalue weighted by molar-refractivity contribution is -0.119. The molecular weight excluding hydrogens is 453 g/mol. The Kier molecular flexibility index (Phi) is 6.82. The molecule has 2 aromatic carbocycles. The summed E-state index contributed by atoms with van der Waals surface area (Å²) in [7, 11) is -4.11. The maximum Gasteiger partial charge on any atom is 0.412 e. The number of amides is 2. The number of sulfonamides is 1. The van der Waals surface area contributed by atoms with Crippen molar-refractivity contribution < 1.29 is 31.9 Å². The van der Waals surface area contributed by atoms with Crippen molar-refractivity contribution in [3.8, 4) is 5.75 Å². The Balaban J connectivity index is 1.97. The van der Waals surface area contributed by atoms with Gasteiger partial charge >= 0.3 is 6.09 Å². The van der Waals surface area contributed by atoms with Crippen molar-refractivity contribution in [3.63, 3.8) is 0 Å². The second-order valence-electron chi connectivity index (χ2n) is 8.48. The molecule has 178 valence electrons. The molecule has 2 N–H and O–H groups in total. The molecule has 0 aromatic heterocycles. The molecule has 3 rings (SSSR count). The molecule has 1 unspecified atom stereocenters. The third-order valence-corrected chi connectivity index (χ3v) is 6.31. The number of benzene rings is 2. The Morgan fingerprint density at radius 1 is 1.18 bits per heavy atom. The molecule has 2 amide bonds.